The molecular formula is C13H14BrFN2S. The second kappa shape index (κ2) is 5.91. The molecule has 2 aromatic rings. The topological polar surface area (TPSA) is 38.9 Å². The van der Waals surface area contributed by atoms with Crippen LogP contribution in [0, 0.1) is 5.82 Å². The van der Waals surface area contributed by atoms with Crippen molar-refractivity contribution in [2.45, 2.75) is 26.3 Å². The molecule has 0 spiro atoms. The minimum atomic E-state index is -0.255. The quantitative estimate of drug-likeness (QED) is 0.916. The monoisotopic (exact) mass is 328 g/mol. The number of aryl methyl sites for hydroxylation is 1. The van der Waals surface area contributed by atoms with E-state index in [1.54, 1.807) is 17.4 Å². The summed E-state index contributed by atoms with van der Waals surface area (Å²) in [6.07, 6.45) is 1.97. The number of halogens is 2. The molecule has 1 heterocycles. The Balaban J connectivity index is 2.44. The van der Waals surface area contributed by atoms with Crippen LogP contribution >= 0.6 is 27.3 Å². The van der Waals surface area contributed by atoms with Gasteiger partial charge < -0.3 is 5.73 Å². The maximum absolute atomic E-state index is 13.1. The van der Waals surface area contributed by atoms with Crippen molar-refractivity contribution in [3.8, 4) is 10.6 Å². The highest BCUT2D eigenvalue weighted by Gasteiger charge is 2.13. The van der Waals surface area contributed by atoms with Crippen LogP contribution in [0.5, 0.6) is 0 Å². The Morgan fingerprint density at radius 1 is 1.44 bits per heavy atom. The largest absolute Gasteiger partial charge is 0.326 e. The highest BCUT2D eigenvalue weighted by molar-refractivity contribution is 9.10. The molecule has 1 aromatic carbocycles. The third-order valence-corrected chi connectivity index (χ3v) is 4.42. The summed E-state index contributed by atoms with van der Waals surface area (Å²) in [6, 6.07) is 4.65. The van der Waals surface area contributed by atoms with Crippen molar-refractivity contribution in [1.82, 2.24) is 4.98 Å². The van der Waals surface area contributed by atoms with Gasteiger partial charge in [0, 0.05) is 21.5 Å². The summed E-state index contributed by atoms with van der Waals surface area (Å²) in [7, 11) is 0. The van der Waals surface area contributed by atoms with E-state index in [0.29, 0.717) is 6.54 Å². The van der Waals surface area contributed by atoms with Crippen LogP contribution in [-0.2, 0) is 13.0 Å². The van der Waals surface area contributed by atoms with Crippen LogP contribution in [-0.4, -0.2) is 4.98 Å². The molecule has 2 nitrogen and oxygen atoms in total. The molecule has 0 radical (unpaired) electrons. The van der Waals surface area contributed by atoms with Crippen molar-refractivity contribution in [3.63, 3.8) is 0 Å². The Morgan fingerprint density at radius 3 is 2.83 bits per heavy atom. The number of aromatic nitrogens is 1. The SMILES string of the molecule is CCCc1nc(-c2ccc(F)cc2Br)sc1CN. The molecule has 96 valence electrons. The van der Waals surface area contributed by atoms with Crippen LogP contribution in [0.4, 0.5) is 4.39 Å². The summed E-state index contributed by atoms with van der Waals surface area (Å²) in [5.74, 6) is -0.255. The second-order valence-electron chi connectivity index (χ2n) is 3.97. The molecule has 0 aliphatic rings. The third kappa shape index (κ3) is 2.79. The molecule has 0 fully saturated rings. The first-order valence-corrected chi connectivity index (χ1v) is 7.40. The highest BCUT2D eigenvalue weighted by atomic mass is 79.9. The Labute approximate surface area is 118 Å². The lowest BCUT2D eigenvalue weighted by atomic mass is 10.2. The van der Waals surface area contributed by atoms with Crippen LogP contribution in [0.1, 0.15) is 23.9 Å². The zero-order chi connectivity index (χ0) is 13.1. The summed E-state index contributed by atoms with van der Waals surface area (Å²) in [4.78, 5) is 5.73. The van der Waals surface area contributed by atoms with Crippen LogP contribution in [0.2, 0.25) is 0 Å². The fourth-order valence-corrected chi connectivity index (χ4v) is 3.45. The van der Waals surface area contributed by atoms with Gasteiger partial charge in [0.15, 0.2) is 0 Å². The number of rotatable bonds is 4. The molecule has 0 aliphatic carbocycles. The minimum absolute atomic E-state index is 0.255. The molecule has 0 unspecified atom stereocenters. The number of nitrogens with zero attached hydrogens (tertiary/aromatic N) is 1. The smallest absolute Gasteiger partial charge is 0.125 e. The molecule has 5 heteroatoms. The lowest BCUT2D eigenvalue weighted by Gasteiger charge is -2.00. The van der Waals surface area contributed by atoms with E-state index in [-0.39, 0.29) is 5.82 Å². The van der Waals surface area contributed by atoms with E-state index >= 15 is 0 Å². The molecule has 0 saturated carbocycles. The zero-order valence-corrected chi connectivity index (χ0v) is 12.4. The molecule has 0 aliphatic heterocycles. The fourth-order valence-electron chi connectivity index (χ4n) is 1.75. The number of thiazole rings is 1. The van der Waals surface area contributed by atoms with Gasteiger partial charge in [-0.1, -0.05) is 13.3 Å². The third-order valence-electron chi connectivity index (χ3n) is 2.61. The van der Waals surface area contributed by atoms with E-state index in [0.717, 1.165) is 38.5 Å². The van der Waals surface area contributed by atoms with Crippen LogP contribution in [0.25, 0.3) is 10.6 Å². The lowest BCUT2D eigenvalue weighted by molar-refractivity contribution is 0.627. The zero-order valence-electron chi connectivity index (χ0n) is 10.0. The molecule has 0 atom stereocenters. The lowest BCUT2D eigenvalue weighted by Crippen LogP contribution is -1.97. The predicted octanol–water partition coefficient (Wildman–Crippen LogP) is 4.12. The van der Waals surface area contributed by atoms with E-state index in [2.05, 4.69) is 27.8 Å². The number of nitrogens with two attached hydrogens (primary N) is 1. The van der Waals surface area contributed by atoms with Crippen molar-refractivity contribution < 1.29 is 4.39 Å². The molecule has 2 N–H and O–H groups in total. The summed E-state index contributed by atoms with van der Waals surface area (Å²) in [5.41, 5.74) is 7.71. The van der Waals surface area contributed by atoms with Gasteiger partial charge in [0.05, 0.1) is 5.69 Å². The summed E-state index contributed by atoms with van der Waals surface area (Å²) in [5, 5.41) is 0.894. The Morgan fingerprint density at radius 2 is 2.22 bits per heavy atom. The average molecular weight is 329 g/mol. The first-order chi connectivity index (χ1) is 8.65. The van der Waals surface area contributed by atoms with Gasteiger partial charge in [0.1, 0.15) is 10.8 Å². The van der Waals surface area contributed by atoms with Gasteiger partial charge in [0.25, 0.3) is 0 Å². The molecular weight excluding hydrogens is 315 g/mol. The summed E-state index contributed by atoms with van der Waals surface area (Å²) >= 11 is 4.96. The van der Waals surface area contributed by atoms with Gasteiger partial charge in [-0.05, 0) is 40.5 Å². The number of hydrogen-bond acceptors (Lipinski definition) is 3. The van der Waals surface area contributed by atoms with E-state index in [9.17, 15) is 4.39 Å². The Kier molecular flexibility index (Phi) is 4.48. The van der Waals surface area contributed by atoms with Gasteiger partial charge >= 0.3 is 0 Å². The second-order valence-corrected chi connectivity index (χ2v) is 5.91. The molecule has 18 heavy (non-hydrogen) atoms. The van der Waals surface area contributed by atoms with Crippen molar-refractivity contribution >= 4 is 27.3 Å². The minimum Gasteiger partial charge on any atom is -0.326 e. The molecule has 0 saturated heterocycles. The van der Waals surface area contributed by atoms with Gasteiger partial charge in [-0.3, -0.25) is 0 Å². The van der Waals surface area contributed by atoms with E-state index in [1.165, 1.54) is 12.1 Å². The van der Waals surface area contributed by atoms with E-state index < -0.39 is 0 Å². The van der Waals surface area contributed by atoms with Crippen molar-refractivity contribution in [2.24, 2.45) is 5.73 Å². The van der Waals surface area contributed by atoms with Gasteiger partial charge in [-0.15, -0.1) is 11.3 Å². The van der Waals surface area contributed by atoms with E-state index in [4.69, 9.17) is 5.73 Å². The van der Waals surface area contributed by atoms with Gasteiger partial charge in [-0.25, -0.2) is 9.37 Å². The number of benzene rings is 1. The first kappa shape index (κ1) is 13.6. The highest BCUT2D eigenvalue weighted by Crippen LogP contribution is 2.33. The molecule has 0 bridgehead atoms. The first-order valence-electron chi connectivity index (χ1n) is 5.79. The summed E-state index contributed by atoms with van der Waals surface area (Å²) in [6.45, 7) is 2.62. The van der Waals surface area contributed by atoms with Crippen LogP contribution in [0.3, 0.4) is 0 Å². The van der Waals surface area contributed by atoms with Crippen LogP contribution in [0.15, 0.2) is 22.7 Å². The van der Waals surface area contributed by atoms with Gasteiger partial charge in [0.2, 0.25) is 0 Å². The Bertz CT molecular complexity index is 554. The molecule has 0 amide bonds. The van der Waals surface area contributed by atoms with Crippen molar-refractivity contribution in [3.05, 3.63) is 39.1 Å². The normalized spacial score (nSPS) is 10.9. The maximum Gasteiger partial charge on any atom is 0.125 e. The van der Waals surface area contributed by atoms with Crippen molar-refractivity contribution in [2.75, 3.05) is 0 Å². The molecule has 2 rings (SSSR count). The maximum atomic E-state index is 13.1. The Hall–Kier alpha value is -0.780. The van der Waals surface area contributed by atoms with Crippen molar-refractivity contribution in [1.29, 1.82) is 0 Å². The van der Waals surface area contributed by atoms with Crippen LogP contribution < -0.4 is 5.73 Å². The fraction of sp³-hybridized carbons (Fsp3) is 0.308. The standard InChI is InChI=1S/C13H14BrFN2S/c1-2-3-11-12(7-16)18-13(17-11)9-5-4-8(15)6-10(9)14/h4-6H,2-3,7,16H2,1H3. The van der Waals surface area contributed by atoms with E-state index in [1.807, 2.05) is 0 Å². The average Bonchev–Trinajstić information content (AvgIpc) is 2.72. The predicted molar refractivity (Wildman–Crippen MR) is 77.1 cm³/mol. The summed E-state index contributed by atoms with van der Waals surface area (Å²) < 4.78 is 13.8. The van der Waals surface area contributed by atoms with Gasteiger partial charge in [-0.2, -0.15) is 0 Å². The number of hydrogen-bond donors (Lipinski definition) is 1. The molecule has 1 aromatic heterocycles.